The molecule has 0 aromatic heterocycles. The summed E-state index contributed by atoms with van der Waals surface area (Å²) in [6, 6.07) is 4.96. The quantitative estimate of drug-likeness (QED) is 0.611. The molecule has 1 atom stereocenters. The second-order valence-corrected chi connectivity index (χ2v) is 4.50. The molecule has 0 saturated heterocycles. The van der Waals surface area contributed by atoms with Crippen molar-refractivity contribution in [2.45, 2.75) is 0 Å². The van der Waals surface area contributed by atoms with Gasteiger partial charge in [0.1, 0.15) is 5.75 Å². The number of carbonyl (C=O) groups excluding carboxylic acids is 1. The number of ether oxygens (including phenoxy) is 1. The fraction of sp³-hybridized carbons (Fsp3) is 0.300. The standard InChI is InChI=1S/C10H13NO3S/c1-14-9-5-3-4-7(10(9)11)8(12)6-15(2)13/h3-5H,6,11H2,1-2H3. The summed E-state index contributed by atoms with van der Waals surface area (Å²) in [4.78, 5) is 11.6. The number of rotatable bonds is 4. The average Bonchev–Trinajstić information content (AvgIpc) is 2.17. The summed E-state index contributed by atoms with van der Waals surface area (Å²) in [6.45, 7) is 0. The summed E-state index contributed by atoms with van der Waals surface area (Å²) in [5.74, 6) is 0.215. The zero-order valence-corrected chi connectivity index (χ0v) is 9.47. The second-order valence-electron chi connectivity index (χ2n) is 3.06. The lowest BCUT2D eigenvalue weighted by molar-refractivity contribution is 0.102. The van der Waals surface area contributed by atoms with Crippen LogP contribution in [0.4, 0.5) is 5.69 Å². The van der Waals surface area contributed by atoms with E-state index in [1.165, 1.54) is 13.4 Å². The van der Waals surface area contributed by atoms with Crippen molar-refractivity contribution in [3.63, 3.8) is 0 Å². The Labute approximate surface area is 90.9 Å². The van der Waals surface area contributed by atoms with E-state index in [0.717, 1.165) is 0 Å². The number of Topliss-reactive ketones (excluding diaryl/α,β-unsaturated/α-hetero) is 1. The van der Waals surface area contributed by atoms with Crippen molar-refractivity contribution in [2.24, 2.45) is 0 Å². The zero-order valence-electron chi connectivity index (χ0n) is 8.65. The molecule has 4 nitrogen and oxygen atoms in total. The highest BCUT2D eigenvalue weighted by Crippen LogP contribution is 2.24. The van der Waals surface area contributed by atoms with Gasteiger partial charge in [-0.15, -0.1) is 0 Å². The van der Waals surface area contributed by atoms with Gasteiger partial charge in [-0.1, -0.05) is 6.07 Å². The van der Waals surface area contributed by atoms with Crippen LogP contribution in [0.25, 0.3) is 0 Å². The highest BCUT2D eigenvalue weighted by atomic mass is 32.2. The molecule has 1 unspecified atom stereocenters. The third-order valence-corrected chi connectivity index (χ3v) is 2.59. The minimum absolute atomic E-state index is 0.0165. The van der Waals surface area contributed by atoms with Crippen molar-refractivity contribution in [1.29, 1.82) is 0 Å². The monoisotopic (exact) mass is 227 g/mol. The number of para-hydroxylation sites is 1. The smallest absolute Gasteiger partial charge is 0.177 e. The van der Waals surface area contributed by atoms with Crippen LogP contribution >= 0.6 is 0 Å². The molecule has 0 saturated carbocycles. The number of methoxy groups -OCH3 is 1. The Morgan fingerprint density at radius 3 is 2.73 bits per heavy atom. The van der Waals surface area contributed by atoms with E-state index in [0.29, 0.717) is 17.0 Å². The van der Waals surface area contributed by atoms with Gasteiger partial charge in [0.15, 0.2) is 5.78 Å². The normalized spacial score (nSPS) is 12.1. The Morgan fingerprint density at radius 2 is 2.20 bits per heavy atom. The van der Waals surface area contributed by atoms with Gasteiger partial charge in [-0.2, -0.15) is 0 Å². The van der Waals surface area contributed by atoms with Crippen LogP contribution in [-0.4, -0.2) is 29.1 Å². The largest absolute Gasteiger partial charge is 0.495 e. The van der Waals surface area contributed by atoms with Gasteiger partial charge in [-0.25, -0.2) is 0 Å². The van der Waals surface area contributed by atoms with Crippen molar-refractivity contribution in [3.05, 3.63) is 23.8 Å². The van der Waals surface area contributed by atoms with Gasteiger partial charge in [0.2, 0.25) is 0 Å². The number of nitrogens with two attached hydrogens (primary N) is 1. The van der Waals surface area contributed by atoms with Gasteiger partial charge in [0.25, 0.3) is 0 Å². The number of nitrogen functional groups attached to an aromatic ring is 1. The molecule has 82 valence electrons. The molecule has 0 spiro atoms. The molecule has 0 aliphatic carbocycles. The minimum atomic E-state index is -1.16. The first-order valence-corrected chi connectivity index (χ1v) is 6.04. The summed E-state index contributed by atoms with van der Waals surface area (Å²) in [7, 11) is 0.325. The van der Waals surface area contributed by atoms with E-state index < -0.39 is 10.8 Å². The summed E-state index contributed by atoms with van der Waals surface area (Å²) >= 11 is 0. The van der Waals surface area contributed by atoms with Crippen LogP contribution in [0.5, 0.6) is 5.75 Å². The first-order chi connectivity index (χ1) is 7.06. The number of ketones is 1. The number of anilines is 1. The number of hydrogen-bond donors (Lipinski definition) is 1. The first kappa shape index (κ1) is 11.7. The van der Waals surface area contributed by atoms with E-state index in [9.17, 15) is 9.00 Å². The van der Waals surface area contributed by atoms with Crippen LogP contribution in [-0.2, 0) is 10.8 Å². The van der Waals surface area contributed by atoms with Crippen LogP contribution in [0.15, 0.2) is 18.2 Å². The zero-order chi connectivity index (χ0) is 11.4. The molecule has 0 radical (unpaired) electrons. The maximum absolute atomic E-state index is 11.6. The maximum atomic E-state index is 11.6. The average molecular weight is 227 g/mol. The Balaban J connectivity index is 3.04. The SMILES string of the molecule is COc1cccc(C(=O)CS(C)=O)c1N. The van der Waals surface area contributed by atoms with Crippen LogP contribution in [0.3, 0.4) is 0 Å². The van der Waals surface area contributed by atoms with Crippen molar-refractivity contribution in [1.82, 2.24) is 0 Å². The molecule has 0 amide bonds. The van der Waals surface area contributed by atoms with Gasteiger partial charge in [-0.05, 0) is 12.1 Å². The molecule has 5 heteroatoms. The van der Waals surface area contributed by atoms with E-state index in [4.69, 9.17) is 10.5 Å². The van der Waals surface area contributed by atoms with Gasteiger partial charge in [-0.3, -0.25) is 9.00 Å². The highest BCUT2D eigenvalue weighted by Gasteiger charge is 2.13. The Kier molecular flexibility index (Phi) is 3.85. The molecule has 1 aromatic rings. The Bertz CT molecular complexity index is 404. The number of carbonyl (C=O) groups is 1. The van der Waals surface area contributed by atoms with Crippen molar-refractivity contribution in [2.75, 3.05) is 24.9 Å². The van der Waals surface area contributed by atoms with E-state index in [1.54, 1.807) is 18.2 Å². The summed E-state index contributed by atoms with van der Waals surface area (Å²) < 4.78 is 15.9. The molecular weight excluding hydrogens is 214 g/mol. The molecule has 0 aliphatic rings. The minimum Gasteiger partial charge on any atom is -0.495 e. The summed E-state index contributed by atoms with van der Waals surface area (Å²) in [5, 5.41) is 0. The van der Waals surface area contributed by atoms with Gasteiger partial charge < -0.3 is 10.5 Å². The third kappa shape index (κ3) is 2.79. The van der Waals surface area contributed by atoms with E-state index in [-0.39, 0.29) is 11.5 Å². The fourth-order valence-corrected chi connectivity index (χ4v) is 1.75. The Hall–Kier alpha value is -1.36. The molecular formula is C10H13NO3S. The topological polar surface area (TPSA) is 69.4 Å². The second kappa shape index (κ2) is 4.93. The molecule has 15 heavy (non-hydrogen) atoms. The lowest BCUT2D eigenvalue weighted by Gasteiger charge is -2.08. The molecule has 0 fully saturated rings. The molecule has 1 rings (SSSR count). The van der Waals surface area contributed by atoms with Gasteiger partial charge >= 0.3 is 0 Å². The van der Waals surface area contributed by atoms with Crippen LogP contribution in [0.1, 0.15) is 10.4 Å². The molecule has 0 aliphatic heterocycles. The van der Waals surface area contributed by atoms with E-state index >= 15 is 0 Å². The van der Waals surface area contributed by atoms with Crippen molar-refractivity contribution >= 4 is 22.3 Å². The number of benzene rings is 1. The lowest BCUT2D eigenvalue weighted by Crippen LogP contribution is -2.12. The molecule has 2 N–H and O–H groups in total. The van der Waals surface area contributed by atoms with Crippen LogP contribution < -0.4 is 10.5 Å². The summed E-state index contributed by atoms with van der Waals surface area (Å²) in [5.41, 5.74) is 6.39. The number of hydrogen-bond acceptors (Lipinski definition) is 4. The van der Waals surface area contributed by atoms with Gasteiger partial charge in [0.05, 0.1) is 18.6 Å². The van der Waals surface area contributed by atoms with Crippen molar-refractivity contribution in [3.8, 4) is 5.75 Å². The summed E-state index contributed by atoms with van der Waals surface area (Å²) in [6.07, 6.45) is 1.48. The maximum Gasteiger partial charge on any atom is 0.177 e. The Morgan fingerprint density at radius 1 is 1.53 bits per heavy atom. The predicted octanol–water partition coefficient (Wildman–Crippen LogP) is 0.839. The van der Waals surface area contributed by atoms with Crippen LogP contribution in [0.2, 0.25) is 0 Å². The fourth-order valence-electron chi connectivity index (χ4n) is 1.23. The lowest BCUT2D eigenvalue weighted by atomic mass is 10.1. The van der Waals surface area contributed by atoms with E-state index in [1.807, 2.05) is 0 Å². The van der Waals surface area contributed by atoms with Crippen LogP contribution in [0, 0.1) is 0 Å². The predicted molar refractivity (Wildman–Crippen MR) is 60.7 cm³/mol. The first-order valence-electron chi connectivity index (χ1n) is 4.32. The molecule has 1 aromatic carbocycles. The van der Waals surface area contributed by atoms with E-state index in [2.05, 4.69) is 0 Å². The highest BCUT2D eigenvalue weighted by molar-refractivity contribution is 7.85. The molecule has 0 bridgehead atoms. The van der Waals surface area contributed by atoms with Gasteiger partial charge in [0, 0.05) is 22.6 Å². The van der Waals surface area contributed by atoms with Crippen molar-refractivity contribution < 1.29 is 13.7 Å². The third-order valence-electron chi connectivity index (χ3n) is 1.92. The molecule has 0 heterocycles.